The van der Waals surface area contributed by atoms with Gasteiger partial charge in [0.15, 0.2) is 0 Å². The number of hydrogen-bond donors (Lipinski definition) is 0. The lowest BCUT2D eigenvalue weighted by molar-refractivity contribution is 1.71. The van der Waals surface area contributed by atoms with Gasteiger partial charge < -0.3 is 0 Å². The van der Waals surface area contributed by atoms with Gasteiger partial charge in [-0.05, 0) is 44.8 Å². The molecule has 0 atom stereocenters. The highest BCUT2D eigenvalue weighted by Gasteiger charge is 2.08. The van der Waals surface area contributed by atoms with Crippen LogP contribution in [0.4, 0.5) is 0 Å². The summed E-state index contributed by atoms with van der Waals surface area (Å²) in [5, 5.41) is 5.08. The predicted molar refractivity (Wildman–Crippen MR) is 78.4 cm³/mol. The van der Waals surface area contributed by atoms with Gasteiger partial charge in [0.2, 0.25) is 0 Å². The molecule has 0 amide bonds. The molecule has 1 aliphatic rings. The molecule has 0 bridgehead atoms. The number of benzene rings is 3. The molecule has 3 aromatic carbocycles. The quantitative estimate of drug-likeness (QED) is 0.482. The van der Waals surface area contributed by atoms with Crippen LogP contribution in [0, 0.1) is 6.07 Å². The van der Waals surface area contributed by atoms with Gasteiger partial charge in [0, 0.05) is 0 Å². The van der Waals surface area contributed by atoms with Crippen LogP contribution in [0.15, 0.2) is 54.6 Å². The molecule has 18 heavy (non-hydrogen) atoms. The minimum Gasteiger partial charge on any atom is -0.0616 e. The van der Waals surface area contributed by atoms with Gasteiger partial charge in [0.05, 0.1) is 0 Å². The van der Waals surface area contributed by atoms with Crippen molar-refractivity contribution in [1.29, 1.82) is 0 Å². The van der Waals surface area contributed by atoms with E-state index in [9.17, 15) is 0 Å². The first-order chi connectivity index (χ1) is 8.93. The molecule has 0 saturated heterocycles. The Hall–Kier alpha value is -2.34. The van der Waals surface area contributed by atoms with E-state index in [0.717, 1.165) is 0 Å². The highest BCUT2D eigenvalue weighted by atomic mass is 14.1. The van der Waals surface area contributed by atoms with Crippen molar-refractivity contribution in [2.75, 3.05) is 0 Å². The van der Waals surface area contributed by atoms with Crippen molar-refractivity contribution in [2.45, 2.75) is 0 Å². The van der Waals surface area contributed by atoms with E-state index < -0.39 is 0 Å². The fourth-order valence-corrected chi connectivity index (χ4v) is 2.72. The second-order valence-corrected chi connectivity index (χ2v) is 4.59. The highest BCUT2D eigenvalue weighted by molar-refractivity contribution is 6.13. The molecule has 0 nitrogen and oxygen atoms in total. The van der Waals surface area contributed by atoms with Crippen LogP contribution in [-0.2, 0) is 0 Å². The van der Waals surface area contributed by atoms with E-state index in [0.29, 0.717) is 0 Å². The van der Waals surface area contributed by atoms with E-state index in [2.05, 4.69) is 66.8 Å². The summed E-state index contributed by atoms with van der Waals surface area (Å²) >= 11 is 0. The molecule has 0 N–H and O–H groups in total. The Labute approximate surface area is 106 Å². The maximum Gasteiger partial charge on any atom is -0.00145 e. The van der Waals surface area contributed by atoms with Crippen molar-refractivity contribution in [3.63, 3.8) is 0 Å². The van der Waals surface area contributed by atoms with Crippen LogP contribution in [0.5, 0.6) is 0 Å². The molecule has 0 saturated carbocycles. The monoisotopic (exact) mass is 227 g/mol. The Morgan fingerprint density at radius 3 is 2.61 bits per heavy atom. The first-order valence-corrected chi connectivity index (χ1v) is 6.14. The van der Waals surface area contributed by atoms with Gasteiger partial charge >= 0.3 is 0 Å². The summed E-state index contributed by atoms with van der Waals surface area (Å²) in [6.45, 7) is 0. The lowest BCUT2D eigenvalue weighted by atomic mass is 9.94. The Morgan fingerprint density at radius 2 is 1.67 bits per heavy atom. The van der Waals surface area contributed by atoms with E-state index in [-0.39, 0.29) is 0 Å². The predicted octanol–water partition coefficient (Wildman–Crippen LogP) is 4.83. The largest absolute Gasteiger partial charge is 0.0616 e. The zero-order chi connectivity index (χ0) is 11.9. The van der Waals surface area contributed by atoms with Crippen LogP contribution in [0.2, 0.25) is 0 Å². The maximum absolute atomic E-state index is 3.40. The van der Waals surface area contributed by atoms with E-state index in [1.54, 1.807) is 0 Å². The Kier molecular flexibility index (Phi) is 1.92. The first kappa shape index (κ1) is 9.67. The van der Waals surface area contributed by atoms with Crippen LogP contribution in [0.25, 0.3) is 33.7 Å². The second-order valence-electron chi connectivity index (χ2n) is 4.59. The molecule has 1 radical (unpaired) electrons. The third-order valence-electron chi connectivity index (χ3n) is 3.52. The van der Waals surface area contributed by atoms with Gasteiger partial charge in [0.1, 0.15) is 0 Å². The van der Waals surface area contributed by atoms with Crippen LogP contribution in [0.3, 0.4) is 0 Å². The molecular formula is C18H11. The van der Waals surface area contributed by atoms with Crippen molar-refractivity contribution in [3.8, 4) is 0 Å². The highest BCUT2D eigenvalue weighted by Crippen LogP contribution is 2.33. The minimum atomic E-state index is 1.22. The number of allylic oxidation sites excluding steroid dienone is 2. The van der Waals surface area contributed by atoms with Crippen LogP contribution >= 0.6 is 0 Å². The third kappa shape index (κ3) is 1.26. The summed E-state index contributed by atoms with van der Waals surface area (Å²) < 4.78 is 0. The average Bonchev–Trinajstić information content (AvgIpc) is 2.63. The fraction of sp³-hybridized carbons (Fsp3) is 0. The molecule has 83 valence electrons. The van der Waals surface area contributed by atoms with Gasteiger partial charge in [0.25, 0.3) is 0 Å². The van der Waals surface area contributed by atoms with Crippen molar-refractivity contribution in [1.82, 2.24) is 0 Å². The number of hydrogen-bond acceptors (Lipinski definition) is 0. The van der Waals surface area contributed by atoms with Gasteiger partial charge in [-0.3, -0.25) is 0 Å². The smallest absolute Gasteiger partial charge is 0.00145 e. The summed E-state index contributed by atoms with van der Waals surface area (Å²) in [6.07, 6.45) is 8.54. The zero-order valence-electron chi connectivity index (χ0n) is 9.85. The van der Waals surface area contributed by atoms with Crippen molar-refractivity contribution < 1.29 is 0 Å². The topological polar surface area (TPSA) is 0 Å². The molecule has 0 heterocycles. The fourth-order valence-electron chi connectivity index (χ4n) is 2.72. The summed E-state index contributed by atoms with van der Waals surface area (Å²) in [5.74, 6) is 0. The SMILES string of the molecule is [c]1ccc2c3c(cc4ccccc4c13)C=CC=C2. The van der Waals surface area contributed by atoms with Gasteiger partial charge in [-0.2, -0.15) is 0 Å². The Morgan fingerprint density at radius 1 is 0.833 bits per heavy atom. The molecule has 0 spiro atoms. The lowest BCUT2D eigenvalue weighted by Crippen LogP contribution is -1.85. The van der Waals surface area contributed by atoms with Crippen molar-refractivity contribution in [2.24, 2.45) is 0 Å². The molecular weight excluding hydrogens is 216 g/mol. The van der Waals surface area contributed by atoms with Gasteiger partial charge in [-0.15, -0.1) is 0 Å². The zero-order valence-corrected chi connectivity index (χ0v) is 9.85. The standard InChI is InChI=1S/C18H11/c1-2-8-15-12-14-7-3-4-10-16(14)17-11-5-9-13(6-1)18(15)17/h1-10,12H. The molecule has 0 fully saturated rings. The van der Waals surface area contributed by atoms with Crippen molar-refractivity contribution >= 4 is 33.7 Å². The van der Waals surface area contributed by atoms with Gasteiger partial charge in [-0.25, -0.2) is 0 Å². The lowest BCUT2D eigenvalue weighted by Gasteiger charge is -2.09. The average molecular weight is 227 g/mol. The molecule has 0 aliphatic heterocycles. The normalized spacial score (nSPS) is 13.1. The van der Waals surface area contributed by atoms with Crippen LogP contribution < -0.4 is 0 Å². The third-order valence-corrected chi connectivity index (χ3v) is 3.52. The maximum atomic E-state index is 3.40. The van der Waals surface area contributed by atoms with Crippen LogP contribution in [-0.4, -0.2) is 0 Å². The molecule has 4 rings (SSSR count). The Balaban J connectivity index is 2.34. The second kappa shape index (κ2) is 3.58. The molecule has 3 aromatic rings. The summed E-state index contributed by atoms with van der Waals surface area (Å²) in [6, 6.07) is 18.3. The van der Waals surface area contributed by atoms with E-state index >= 15 is 0 Å². The van der Waals surface area contributed by atoms with E-state index in [4.69, 9.17) is 0 Å². The summed E-state index contributed by atoms with van der Waals surface area (Å²) in [5.41, 5.74) is 2.55. The van der Waals surface area contributed by atoms with Crippen molar-refractivity contribution in [3.05, 3.63) is 71.8 Å². The number of fused-ring (bicyclic) bond motifs is 2. The molecule has 0 heteroatoms. The Bertz CT molecular complexity index is 820. The van der Waals surface area contributed by atoms with E-state index in [1.807, 2.05) is 6.07 Å². The molecule has 0 unspecified atom stereocenters. The minimum absolute atomic E-state index is 1.22. The van der Waals surface area contributed by atoms with E-state index in [1.165, 1.54) is 32.7 Å². The summed E-state index contributed by atoms with van der Waals surface area (Å²) in [7, 11) is 0. The number of rotatable bonds is 0. The first-order valence-electron chi connectivity index (χ1n) is 6.14. The summed E-state index contributed by atoms with van der Waals surface area (Å²) in [4.78, 5) is 0. The molecule has 1 aliphatic carbocycles. The van der Waals surface area contributed by atoms with Gasteiger partial charge in [-0.1, -0.05) is 60.7 Å². The molecule has 0 aromatic heterocycles. The van der Waals surface area contributed by atoms with Crippen LogP contribution in [0.1, 0.15) is 11.1 Å².